The predicted molar refractivity (Wildman–Crippen MR) is 75.9 cm³/mol. The number of hydrogen-bond donors (Lipinski definition) is 0. The average Bonchev–Trinajstić information content (AvgIpc) is 2.36. The molecule has 0 aromatic heterocycles. The number of esters is 1. The maximum Gasteiger partial charge on any atom is 0.302 e. The van der Waals surface area contributed by atoms with Crippen molar-refractivity contribution in [1.29, 1.82) is 0 Å². The summed E-state index contributed by atoms with van der Waals surface area (Å²) < 4.78 is 16.3. The first-order chi connectivity index (χ1) is 9.10. The van der Waals surface area contributed by atoms with Gasteiger partial charge in [-0.25, -0.2) is 0 Å². The molecule has 0 saturated heterocycles. The topological polar surface area (TPSA) is 44.8 Å². The standard InChI is InChI=1S/C15H28O4/c1-5-7-9-17-15(18-10-8-6-2)11-13(3)12-19-14(4)16/h15H,3,5-12H2,1-2,4H3. The van der Waals surface area contributed by atoms with Crippen molar-refractivity contribution in [3.05, 3.63) is 12.2 Å². The van der Waals surface area contributed by atoms with Crippen molar-refractivity contribution in [2.75, 3.05) is 19.8 Å². The number of hydrogen-bond acceptors (Lipinski definition) is 4. The molecule has 0 aliphatic carbocycles. The molecule has 0 aromatic rings. The molecule has 0 aromatic carbocycles. The molecule has 0 atom stereocenters. The maximum absolute atomic E-state index is 10.7. The predicted octanol–water partition coefficient (Wildman–Crippen LogP) is 3.46. The van der Waals surface area contributed by atoms with Gasteiger partial charge in [-0.2, -0.15) is 0 Å². The molecule has 0 rings (SSSR count). The van der Waals surface area contributed by atoms with Crippen molar-refractivity contribution in [3.8, 4) is 0 Å². The second-order valence-corrected chi connectivity index (χ2v) is 4.61. The van der Waals surface area contributed by atoms with E-state index in [2.05, 4.69) is 20.4 Å². The van der Waals surface area contributed by atoms with Gasteiger partial charge >= 0.3 is 5.97 Å². The molecule has 0 aliphatic heterocycles. The Morgan fingerprint density at radius 1 is 1.11 bits per heavy atom. The van der Waals surface area contributed by atoms with Crippen LogP contribution in [0.4, 0.5) is 0 Å². The van der Waals surface area contributed by atoms with Gasteiger partial charge in [0.15, 0.2) is 6.29 Å². The maximum atomic E-state index is 10.7. The molecule has 0 bridgehead atoms. The van der Waals surface area contributed by atoms with Gasteiger partial charge in [0.2, 0.25) is 0 Å². The van der Waals surface area contributed by atoms with Crippen molar-refractivity contribution in [3.63, 3.8) is 0 Å². The van der Waals surface area contributed by atoms with Gasteiger partial charge in [-0.1, -0.05) is 33.3 Å². The summed E-state index contributed by atoms with van der Waals surface area (Å²) in [5.41, 5.74) is 0.813. The average molecular weight is 272 g/mol. The Kier molecular flexibility index (Phi) is 11.6. The Morgan fingerprint density at radius 3 is 2.05 bits per heavy atom. The van der Waals surface area contributed by atoms with E-state index in [9.17, 15) is 4.79 Å². The molecule has 0 N–H and O–H groups in total. The number of rotatable bonds is 12. The molecule has 0 saturated carbocycles. The molecule has 0 aliphatic rings. The van der Waals surface area contributed by atoms with E-state index in [1.54, 1.807) is 0 Å². The SMILES string of the molecule is C=C(COC(C)=O)CC(OCCCC)OCCCC. The monoisotopic (exact) mass is 272 g/mol. The van der Waals surface area contributed by atoms with Crippen molar-refractivity contribution in [1.82, 2.24) is 0 Å². The van der Waals surface area contributed by atoms with E-state index in [4.69, 9.17) is 14.2 Å². The minimum Gasteiger partial charge on any atom is -0.461 e. The van der Waals surface area contributed by atoms with Gasteiger partial charge in [0.1, 0.15) is 6.61 Å². The number of carbonyl (C=O) groups excluding carboxylic acids is 1. The highest BCUT2D eigenvalue weighted by Gasteiger charge is 2.12. The number of unbranched alkanes of at least 4 members (excludes halogenated alkanes) is 2. The van der Waals surface area contributed by atoms with E-state index < -0.39 is 0 Å². The summed E-state index contributed by atoms with van der Waals surface area (Å²) in [7, 11) is 0. The smallest absolute Gasteiger partial charge is 0.302 e. The molecule has 112 valence electrons. The van der Waals surface area contributed by atoms with E-state index in [1.807, 2.05) is 0 Å². The van der Waals surface area contributed by atoms with E-state index >= 15 is 0 Å². The highest BCUT2D eigenvalue weighted by atomic mass is 16.7. The lowest BCUT2D eigenvalue weighted by molar-refractivity contribution is -0.146. The summed E-state index contributed by atoms with van der Waals surface area (Å²) >= 11 is 0. The van der Waals surface area contributed by atoms with Crippen molar-refractivity contribution >= 4 is 5.97 Å². The molecule has 0 heterocycles. The first kappa shape index (κ1) is 18.1. The van der Waals surface area contributed by atoms with Crippen LogP contribution >= 0.6 is 0 Å². The summed E-state index contributed by atoms with van der Waals surface area (Å²) in [6.07, 6.45) is 4.52. The van der Waals surface area contributed by atoms with Crippen LogP contribution in [0, 0.1) is 0 Å². The van der Waals surface area contributed by atoms with Crippen LogP contribution in [0.2, 0.25) is 0 Å². The third kappa shape index (κ3) is 11.9. The first-order valence-electron chi connectivity index (χ1n) is 7.13. The van der Waals surface area contributed by atoms with Gasteiger partial charge in [-0.15, -0.1) is 0 Å². The molecule has 4 heteroatoms. The van der Waals surface area contributed by atoms with Crippen LogP contribution in [-0.4, -0.2) is 32.1 Å². The molecule has 19 heavy (non-hydrogen) atoms. The molecule has 0 unspecified atom stereocenters. The molecular formula is C15H28O4. The number of ether oxygens (including phenoxy) is 3. The lowest BCUT2D eigenvalue weighted by Gasteiger charge is -2.19. The second kappa shape index (κ2) is 12.2. The van der Waals surface area contributed by atoms with Gasteiger partial charge in [0.25, 0.3) is 0 Å². The first-order valence-corrected chi connectivity index (χ1v) is 7.13. The fourth-order valence-corrected chi connectivity index (χ4v) is 1.38. The van der Waals surface area contributed by atoms with Gasteiger partial charge in [-0.3, -0.25) is 4.79 Å². The zero-order valence-corrected chi connectivity index (χ0v) is 12.6. The zero-order valence-electron chi connectivity index (χ0n) is 12.6. The van der Waals surface area contributed by atoms with Crippen LogP contribution in [0.1, 0.15) is 52.9 Å². The Labute approximate surface area is 117 Å². The Morgan fingerprint density at radius 2 is 1.63 bits per heavy atom. The molecule has 0 amide bonds. The quantitative estimate of drug-likeness (QED) is 0.236. The lowest BCUT2D eigenvalue weighted by atomic mass is 10.2. The molecule has 0 spiro atoms. The van der Waals surface area contributed by atoms with E-state index in [1.165, 1.54) is 6.92 Å². The third-order valence-electron chi connectivity index (χ3n) is 2.54. The molecule has 4 nitrogen and oxygen atoms in total. The minimum absolute atomic E-state index is 0.236. The summed E-state index contributed by atoms with van der Waals surface area (Å²) in [6.45, 7) is 11.1. The summed E-state index contributed by atoms with van der Waals surface area (Å²) in [5, 5.41) is 0. The normalized spacial score (nSPS) is 10.7. The summed E-state index contributed by atoms with van der Waals surface area (Å²) in [4.78, 5) is 10.7. The van der Waals surface area contributed by atoms with E-state index in [0.717, 1.165) is 31.3 Å². The summed E-state index contributed by atoms with van der Waals surface area (Å²) in [5.74, 6) is -0.295. The Balaban J connectivity index is 3.99. The van der Waals surface area contributed by atoms with E-state index in [0.29, 0.717) is 19.6 Å². The number of carbonyl (C=O) groups is 1. The Hall–Kier alpha value is -0.870. The lowest BCUT2D eigenvalue weighted by Crippen LogP contribution is -2.20. The largest absolute Gasteiger partial charge is 0.461 e. The van der Waals surface area contributed by atoms with Crippen molar-refractivity contribution in [2.45, 2.75) is 59.2 Å². The zero-order chi connectivity index (χ0) is 14.5. The van der Waals surface area contributed by atoms with Gasteiger partial charge in [-0.05, 0) is 18.4 Å². The second-order valence-electron chi connectivity index (χ2n) is 4.61. The summed E-state index contributed by atoms with van der Waals surface area (Å²) in [6, 6.07) is 0. The van der Waals surface area contributed by atoms with Crippen LogP contribution in [0.5, 0.6) is 0 Å². The Bertz CT molecular complexity index is 241. The molecular weight excluding hydrogens is 244 g/mol. The van der Waals surface area contributed by atoms with Gasteiger partial charge in [0, 0.05) is 26.6 Å². The van der Waals surface area contributed by atoms with Gasteiger partial charge < -0.3 is 14.2 Å². The fraction of sp³-hybridized carbons (Fsp3) is 0.800. The van der Waals surface area contributed by atoms with Crippen LogP contribution in [0.15, 0.2) is 12.2 Å². The highest BCUT2D eigenvalue weighted by molar-refractivity contribution is 5.66. The fourth-order valence-electron chi connectivity index (χ4n) is 1.38. The minimum atomic E-state index is -0.295. The molecule has 0 radical (unpaired) electrons. The van der Waals surface area contributed by atoms with Crippen molar-refractivity contribution in [2.24, 2.45) is 0 Å². The van der Waals surface area contributed by atoms with Crippen LogP contribution in [0.25, 0.3) is 0 Å². The van der Waals surface area contributed by atoms with Crippen molar-refractivity contribution < 1.29 is 19.0 Å². The third-order valence-corrected chi connectivity index (χ3v) is 2.54. The van der Waals surface area contributed by atoms with Crippen LogP contribution in [0.3, 0.4) is 0 Å². The van der Waals surface area contributed by atoms with Crippen LogP contribution in [-0.2, 0) is 19.0 Å². The van der Waals surface area contributed by atoms with Gasteiger partial charge in [0.05, 0.1) is 0 Å². The van der Waals surface area contributed by atoms with Crippen LogP contribution < -0.4 is 0 Å². The van der Waals surface area contributed by atoms with E-state index in [-0.39, 0.29) is 18.9 Å². The molecule has 0 fully saturated rings. The highest BCUT2D eigenvalue weighted by Crippen LogP contribution is 2.11.